The average Bonchev–Trinajstić information content (AvgIpc) is 2.54. The predicted octanol–water partition coefficient (Wildman–Crippen LogP) is 2.68. The number of alkyl carbamates (subject to hydrolysis) is 1. The average molecular weight is 371 g/mol. The second-order valence-electron chi connectivity index (χ2n) is 4.35. The van der Waals surface area contributed by atoms with Crippen molar-refractivity contribution < 1.29 is 14.3 Å². The van der Waals surface area contributed by atoms with Crippen LogP contribution in [-0.2, 0) is 9.53 Å². The molecule has 3 N–H and O–H groups in total. The van der Waals surface area contributed by atoms with Gasteiger partial charge >= 0.3 is 6.09 Å². The van der Waals surface area contributed by atoms with E-state index in [0.717, 1.165) is 0 Å². The molecule has 0 spiro atoms. The van der Waals surface area contributed by atoms with Gasteiger partial charge in [-0.3, -0.25) is 4.79 Å². The van der Waals surface area contributed by atoms with Crippen LogP contribution in [0.5, 0.6) is 0 Å². The molecule has 0 saturated heterocycles. The first-order valence-corrected chi connectivity index (χ1v) is 7.74. The Labute approximate surface area is 149 Å². The standard InChI is InChI=1S/C15H16Cl2N4O3/c1-2-24-15(23)20-6-5-19-9-10(8-18)14(22)21-11-3-4-12(16)13(17)7-11/h3-4,7,9,19H,2,5-6H2,1H3,(H,20,23)(H,21,22)/b10-9-. The highest BCUT2D eigenvalue weighted by Crippen LogP contribution is 2.25. The number of benzene rings is 1. The number of carbonyl (C=O) groups excluding carboxylic acids is 2. The highest BCUT2D eigenvalue weighted by Gasteiger charge is 2.10. The second kappa shape index (κ2) is 10.4. The molecule has 0 saturated carbocycles. The Morgan fingerprint density at radius 3 is 2.67 bits per heavy atom. The molecule has 7 nitrogen and oxygen atoms in total. The summed E-state index contributed by atoms with van der Waals surface area (Å²) >= 11 is 11.6. The summed E-state index contributed by atoms with van der Waals surface area (Å²) in [5.41, 5.74) is 0.289. The first-order valence-electron chi connectivity index (χ1n) is 6.98. The quantitative estimate of drug-likeness (QED) is 0.388. The van der Waals surface area contributed by atoms with Gasteiger partial charge in [-0.2, -0.15) is 5.26 Å². The molecule has 2 amide bonds. The molecule has 0 bridgehead atoms. The Morgan fingerprint density at radius 2 is 2.04 bits per heavy atom. The molecule has 0 aliphatic heterocycles. The number of nitriles is 1. The van der Waals surface area contributed by atoms with E-state index in [4.69, 9.17) is 28.5 Å². The van der Waals surface area contributed by atoms with Crippen molar-refractivity contribution in [2.24, 2.45) is 0 Å². The number of hydrogen-bond acceptors (Lipinski definition) is 5. The van der Waals surface area contributed by atoms with Gasteiger partial charge in [-0.05, 0) is 25.1 Å². The van der Waals surface area contributed by atoms with Crippen LogP contribution in [0.1, 0.15) is 6.92 Å². The fourth-order valence-electron chi connectivity index (χ4n) is 1.51. The Bertz CT molecular complexity index is 671. The van der Waals surface area contributed by atoms with Gasteiger partial charge in [-0.1, -0.05) is 23.2 Å². The van der Waals surface area contributed by atoms with Gasteiger partial charge in [0.05, 0.1) is 16.7 Å². The number of amides is 2. The number of rotatable bonds is 7. The summed E-state index contributed by atoms with van der Waals surface area (Å²) in [6.45, 7) is 2.59. The molecule has 0 atom stereocenters. The number of nitrogens with one attached hydrogen (secondary N) is 3. The number of hydrogen-bond donors (Lipinski definition) is 3. The summed E-state index contributed by atoms with van der Waals surface area (Å²) in [7, 11) is 0. The highest BCUT2D eigenvalue weighted by atomic mass is 35.5. The van der Waals surface area contributed by atoms with Crippen LogP contribution in [0.15, 0.2) is 30.0 Å². The molecule has 0 aliphatic carbocycles. The maximum absolute atomic E-state index is 12.0. The fraction of sp³-hybridized carbons (Fsp3) is 0.267. The van der Waals surface area contributed by atoms with Crippen molar-refractivity contribution in [1.82, 2.24) is 10.6 Å². The molecule has 0 fully saturated rings. The molecule has 0 unspecified atom stereocenters. The molecule has 1 aromatic carbocycles. The van der Waals surface area contributed by atoms with Crippen molar-refractivity contribution in [3.05, 3.63) is 40.0 Å². The normalized spacial score (nSPS) is 10.5. The van der Waals surface area contributed by atoms with E-state index in [2.05, 4.69) is 20.7 Å². The lowest BCUT2D eigenvalue weighted by Crippen LogP contribution is -2.31. The van der Waals surface area contributed by atoms with Crippen molar-refractivity contribution in [3.63, 3.8) is 0 Å². The largest absolute Gasteiger partial charge is 0.450 e. The summed E-state index contributed by atoms with van der Waals surface area (Å²) in [6.07, 6.45) is 0.737. The van der Waals surface area contributed by atoms with Crippen LogP contribution in [0.2, 0.25) is 10.0 Å². The lowest BCUT2D eigenvalue weighted by molar-refractivity contribution is -0.112. The summed E-state index contributed by atoms with van der Waals surface area (Å²) in [6, 6.07) is 6.37. The molecule has 0 radical (unpaired) electrons. The van der Waals surface area contributed by atoms with Gasteiger partial charge in [0.25, 0.3) is 5.91 Å². The van der Waals surface area contributed by atoms with Crippen LogP contribution >= 0.6 is 23.2 Å². The van der Waals surface area contributed by atoms with E-state index < -0.39 is 12.0 Å². The zero-order chi connectivity index (χ0) is 17.9. The first kappa shape index (κ1) is 19.6. The Morgan fingerprint density at radius 1 is 1.29 bits per heavy atom. The zero-order valence-electron chi connectivity index (χ0n) is 12.9. The third kappa shape index (κ3) is 6.77. The molecule has 24 heavy (non-hydrogen) atoms. The van der Waals surface area contributed by atoms with Crippen LogP contribution in [-0.4, -0.2) is 31.7 Å². The minimum Gasteiger partial charge on any atom is -0.450 e. The summed E-state index contributed by atoms with van der Waals surface area (Å²) in [5, 5.41) is 17.5. The van der Waals surface area contributed by atoms with E-state index in [1.54, 1.807) is 19.1 Å². The number of anilines is 1. The van der Waals surface area contributed by atoms with Gasteiger partial charge in [0.2, 0.25) is 0 Å². The van der Waals surface area contributed by atoms with Crippen LogP contribution < -0.4 is 16.0 Å². The van der Waals surface area contributed by atoms with Gasteiger partial charge < -0.3 is 20.7 Å². The molecule has 1 aromatic rings. The number of nitrogens with zero attached hydrogens (tertiary/aromatic N) is 1. The molecule has 0 heterocycles. The number of ether oxygens (including phenoxy) is 1. The van der Waals surface area contributed by atoms with Gasteiger partial charge in [-0.25, -0.2) is 4.79 Å². The minimum absolute atomic E-state index is 0.128. The summed E-state index contributed by atoms with van der Waals surface area (Å²) < 4.78 is 4.68. The van der Waals surface area contributed by atoms with Crippen LogP contribution in [0.25, 0.3) is 0 Å². The van der Waals surface area contributed by atoms with Crippen molar-refractivity contribution >= 4 is 40.9 Å². The maximum atomic E-state index is 12.0. The van der Waals surface area contributed by atoms with Crippen LogP contribution in [0.3, 0.4) is 0 Å². The molecule has 0 aromatic heterocycles. The topological polar surface area (TPSA) is 103 Å². The van der Waals surface area contributed by atoms with E-state index in [1.165, 1.54) is 18.3 Å². The van der Waals surface area contributed by atoms with E-state index in [9.17, 15) is 9.59 Å². The van der Waals surface area contributed by atoms with Crippen LogP contribution in [0, 0.1) is 11.3 Å². The lowest BCUT2D eigenvalue weighted by atomic mass is 10.2. The monoisotopic (exact) mass is 370 g/mol. The first-order chi connectivity index (χ1) is 11.5. The van der Waals surface area contributed by atoms with E-state index in [-0.39, 0.29) is 18.7 Å². The maximum Gasteiger partial charge on any atom is 0.407 e. The van der Waals surface area contributed by atoms with E-state index in [0.29, 0.717) is 22.3 Å². The second-order valence-corrected chi connectivity index (χ2v) is 5.17. The van der Waals surface area contributed by atoms with Gasteiger partial charge in [0.15, 0.2) is 0 Å². The predicted molar refractivity (Wildman–Crippen MR) is 91.8 cm³/mol. The Hall–Kier alpha value is -2.43. The Balaban J connectivity index is 2.49. The molecule has 0 aliphatic rings. The molecule has 128 valence electrons. The third-order valence-electron chi connectivity index (χ3n) is 2.60. The molecule has 1 rings (SSSR count). The van der Waals surface area contributed by atoms with Gasteiger partial charge in [-0.15, -0.1) is 0 Å². The van der Waals surface area contributed by atoms with Crippen molar-refractivity contribution in [2.75, 3.05) is 25.0 Å². The number of carbonyl (C=O) groups is 2. The van der Waals surface area contributed by atoms with E-state index in [1.807, 2.05) is 0 Å². The smallest absolute Gasteiger partial charge is 0.407 e. The molecule has 9 heteroatoms. The molecular formula is C15H16Cl2N4O3. The minimum atomic E-state index is -0.596. The van der Waals surface area contributed by atoms with Crippen molar-refractivity contribution in [1.29, 1.82) is 5.26 Å². The van der Waals surface area contributed by atoms with Gasteiger partial charge in [0.1, 0.15) is 11.6 Å². The Kier molecular flexibility index (Phi) is 8.47. The third-order valence-corrected chi connectivity index (χ3v) is 3.34. The SMILES string of the molecule is CCOC(=O)NCCN/C=C(/C#N)C(=O)Nc1ccc(Cl)c(Cl)c1. The molecular weight excluding hydrogens is 355 g/mol. The number of halogens is 2. The lowest BCUT2D eigenvalue weighted by Gasteiger charge is -2.07. The van der Waals surface area contributed by atoms with Gasteiger partial charge in [0, 0.05) is 25.0 Å². The highest BCUT2D eigenvalue weighted by molar-refractivity contribution is 6.42. The zero-order valence-corrected chi connectivity index (χ0v) is 14.4. The van der Waals surface area contributed by atoms with Crippen LogP contribution in [0.4, 0.5) is 10.5 Å². The summed E-state index contributed by atoms with van der Waals surface area (Å²) in [4.78, 5) is 23.0. The summed E-state index contributed by atoms with van der Waals surface area (Å²) in [5.74, 6) is -0.596. The van der Waals surface area contributed by atoms with Crippen molar-refractivity contribution in [3.8, 4) is 6.07 Å². The fourth-order valence-corrected chi connectivity index (χ4v) is 1.81. The van der Waals surface area contributed by atoms with Crippen molar-refractivity contribution in [2.45, 2.75) is 6.92 Å². The van der Waals surface area contributed by atoms with E-state index >= 15 is 0 Å².